The molecule has 0 aliphatic heterocycles. The van der Waals surface area contributed by atoms with Crippen LogP contribution in [0.4, 0.5) is 0 Å². The van der Waals surface area contributed by atoms with Gasteiger partial charge in [-0.2, -0.15) is 5.10 Å². The van der Waals surface area contributed by atoms with Crippen LogP contribution in [0.25, 0.3) is 0 Å². The number of nitrogens with zero attached hydrogens (tertiary/aromatic N) is 3. The van der Waals surface area contributed by atoms with Crippen molar-refractivity contribution in [2.75, 3.05) is 12.4 Å². The summed E-state index contributed by atoms with van der Waals surface area (Å²) in [7, 11) is 0. The van der Waals surface area contributed by atoms with Crippen LogP contribution in [0.2, 0.25) is 0 Å². The van der Waals surface area contributed by atoms with E-state index in [1.54, 1.807) is 18.0 Å². The van der Waals surface area contributed by atoms with Crippen molar-refractivity contribution in [3.05, 3.63) is 30.7 Å². The van der Waals surface area contributed by atoms with Crippen LogP contribution in [0.5, 0.6) is 5.88 Å². The number of hydrogen-bond acceptors (Lipinski definition) is 5. The second-order valence-electron chi connectivity index (χ2n) is 2.66. The molecule has 0 spiro atoms. The summed E-state index contributed by atoms with van der Waals surface area (Å²) in [6, 6.07) is 5.58. The Morgan fingerprint density at radius 2 is 2.33 bits per heavy atom. The Morgan fingerprint density at radius 1 is 1.33 bits per heavy atom. The lowest BCUT2D eigenvalue weighted by atomic mass is 10.5. The van der Waals surface area contributed by atoms with Gasteiger partial charge in [0.1, 0.15) is 6.33 Å². The van der Waals surface area contributed by atoms with Crippen LogP contribution in [-0.2, 0) is 0 Å². The van der Waals surface area contributed by atoms with Gasteiger partial charge in [-0.15, -0.1) is 0 Å². The third-order valence-corrected chi connectivity index (χ3v) is 2.44. The van der Waals surface area contributed by atoms with Gasteiger partial charge >= 0.3 is 0 Å². The molecule has 0 bridgehead atoms. The smallest absolute Gasteiger partial charge is 0.213 e. The summed E-state index contributed by atoms with van der Waals surface area (Å²) in [6.45, 7) is 0.600. The second-order valence-corrected chi connectivity index (χ2v) is 3.74. The predicted molar refractivity (Wildman–Crippen MR) is 56.8 cm³/mol. The number of H-pyrrole nitrogens is 1. The number of hydrogen-bond donors (Lipinski definition) is 1. The first-order valence-corrected chi connectivity index (χ1v) is 5.46. The Morgan fingerprint density at radius 3 is 3.07 bits per heavy atom. The van der Waals surface area contributed by atoms with E-state index in [0.717, 1.165) is 10.9 Å². The zero-order valence-corrected chi connectivity index (χ0v) is 8.78. The SMILES string of the molecule is c1ccc(OCCSc2ncn[nH]2)nc1. The van der Waals surface area contributed by atoms with Crippen molar-refractivity contribution in [1.29, 1.82) is 0 Å². The van der Waals surface area contributed by atoms with Crippen LogP contribution >= 0.6 is 11.8 Å². The van der Waals surface area contributed by atoms with Crippen LogP contribution in [0.1, 0.15) is 0 Å². The maximum absolute atomic E-state index is 5.41. The van der Waals surface area contributed by atoms with E-state index in [2.05, 4.69) is 20.2 Å². The van der Waals surface area contributed by atoms with Gasteiger partial charge in [-0.1, -0.05) is 17.8 Å². The Hall–Kier alpha value is -1.56. The van der Waals surface area contributed by atoms with Gasteiger partial charge < -0.3 is 4.74 Å². The summed E-state index contributed by atoms with van der Waals surface area (Å²) in [4.78, 5) is 8.03. The lowest BCUT2D eigenvalue weighted by molar-refractivity contribution is 0.330. The molecule has 0 amide bonds. The number of pyridine rings is 1. The molecule has 78 valence electrons. The van der Waals surface area contributed by atoms with Crippen LogP contribution in [0, 0.1) is 0 Å². The zero-order valence-electron chi connectivity index (χ0n) is 7.96. The average molecular weight is 222 g/mol. The summed E-state index contributed by atoms with van der Waals surface area (Å²) in [5.74, 6) is 1.46. The first-order chi connectivity index (χ1) is 7.45. The van der Waals surface area contributed by atoms with E-state index in [4.69, 9.17) is 4.74 Å². The molecule has 0 saturated heterocycles. The Labute approximate surface area is 91.3 Å². The Bertz CT molecular complexity index is 378. The number of rotatable bonds is 5. The van der Waals surface area contributed by atoms with Crippen molar-refractivity contribution >= 4 is 11.8 Å². The molecule has 2 rings (SSSR count). The molecule has 0 aliphatic rings. The summed E-state index contributed by atoms with van der Waals surface area (Å²) < 4.78 is 5.41. The maximum atomic E-state index is 5.41. The first kappa shape index (κ1) is 9.97. The molecule has 2 aromatic rings. The van der Waals surface area contributed by atoms with E-state index < -0.39 is 0 Å². The molecule has 15 heavy (non-hydrogen) atoms. The molecular weight excluding hydrogens is 212 g/mol. The molecule has 1 N–H and O–H groups in total. The minimum absolute atomic E-state index is 0.600. The van der Waals surface area contributed by atoms with E-state index in [1.807, 2.05) is 18.2 Å². The monoisotopic (exact) mass is 222 g/mol. The normalized spacial score (nSPS) is 10.1. The third-order valence-electron chi connectivity index (χ3n) is 1.60. The first-order valence-electron chi connectivity index (χ1n) is 4.47. The lowest BCUT2D eigenvalue weighted by Gasteiger charge is -2.02. The van der Waals surface area contributed by atoms with E-state index in [1.165, 1.54) is 6.33 Å². The highest BCUT2D eigenvalue weighted by atomic mass is 32.2. The van der Waals surface area contributed by atoms with Gasteiger partial charge in [0.05, 0.1) is 6.61 Å². The lowest BCUT2D eigenvalue weighted by Crippen LogP contribution is -2.01. The molecule has 2 aromatic heterocycles. The van der Waals surface area contributed by atoms with Crippen LogP contribution in [0.3, 0.4) is 0 Å². The van der Waals surface area contributed by atoms with Crippen molar-refractivity contribution in [3.63, 3.8) is 0 Å². The van der Waals surface area contributed by atoms with Gasteiger partial charge in [0.25, 0.3) is 0 Å². The largest absolute Gasteiger partial charge is 0.477 e. The average Bonchev–Trinajstić information content (AvgIpc) is 2.79. The number of ether oxygens (including phenoxy) is 1. The molecule has 0 atom stereocenters. The zero-order chi connectivity index (χ0) is 10.3. The van der Waals surface area contributed by atoms with Crippen LogP contribution in [-0.4, -0.2) is 32.5 Å². The van der Waals surface area contributed by atoms with Crippen molar-refractivity contribution < 1.29 is 4.74 Å². The van der Waals surface area contributed by atoms with Crippen LogP contribution < -0.4 is 4.74 Å². The minimum Gasteiger partial charge on any atom is -0.477 e. The van der Waals surface area contributed by atoms with Crippen molar-refractivity contribution in [1.82, 2.24) is 20.2 Å². The van der Waals surface area contributed by atoms with E-state index >= 15 is 0 Å². The molecular formula is C9H10N4OS. The van der Waals surface area contributed by atoms with Crippen molar-refractivity contribution in [2.24, 2.45) is 0 Å². The number of nitrogens with one attached hydrogen (secondary N) is 1. The number of thioether (sulfide) groups is 1. The van der Waals surface area contributed by atoms with Gasteiger partial charge in [-0.05, 0) is 6.07 Å². The molecule has 0 aromatic carbocycles. The molecule has 0 unspecified atom stereocenters. The predicted octanol–water partition coefficient (Wildman–Crippen LogP) is 1.37. The summed E-state index contributed by atoms with van der Waals surface area (Å²) in [5.41, 5.74) is 0. The molecule has 0 radical (unpaired) electrons. The molecule has 0 saturated carbocycles. The highest BCUT2D eigenvalue weighted by molar-refractivity contribution is 7.99. The number of aromatic nitrogens is 4. The maximum Gasteiger partial charge on any atom is 0.213 e. The molecule has 2 heterocycles. The highest BCUT2D eigenvalue weighted by Gasteiger charge is 1.97. The van der Waals surface area contributed by atoms with E-state index in [0.29, 0.717) is 12.5 Å². The fourth-order valence-electron chi connectivity index (χ4n) is 0.981. The molecule has 0 fully saturated rings. The summed E-state index contributed by atoms with van der Waals surface area (Å²) in [5, 5.41) is 7.32. The summed E-state index contributed by atoms with van der Waals surface area (Å²) in [6.07, 6.45) is 3.20. The third kappa shape index (κ3) is 3.25. The van der Waals surface area contributed by atoms with E-state index in [-0.39, 0.29) is 0 Å². The molecule has 0 aliphatic carbocycles. The molecule has 6 heteroatoms. The topological polar surface area (TPSA) is 63.7 Å². The van der Waals surface area contributed by atoms with Gasteiger partial charge in [0.2, 0.25) is 5.88 Å². The minimum atomic E-state index is 0.600. The standard InChI is InChI=1S/C9H10N4OS/c1-2-4-10-8(3-1)14-5-6-15-9-11-7-12-13-9/h1-4,7H,5-6H2,(H,11,12,13). The van der Waals surface area contributed by atoms with Crippen molar-refractivity contribution in [3.8, 4) is 5.88 Å². The van der Waals surface area contributed by atoms with E-state index in [9.17, 15) is 0 Å². The fraction of sp³-hybridized carbons (Fsp3) is 0.222. The summed E-state index contributed by atoms with van der Waals surface area (Å²) >= 11 is 1.56. The molecule has 5 nitrogen and oxygen atoms in total. The second kappa shape index (κ2) is 5.35. The van der Waals surface area contributed by atoms with Gasteiger partial charge in [0.15, 0.2) is 5.16 Å². The highest BCUT2D eigenvalue weighted by Crippen LogP contribution is 2.10. The van der Waals surface area contributed by atoms with Gasteiger partial charge in [-0.3, -0.25) is 5.10 Å². The fourth-order valence-corrected chi connectivity index (χ4v) is 1.58. The number of aromatic amines is 1. The van der Waals surface area contributed by atoms with Gasteiger partial charge in [0, 0.05) is 18.0 Å². The van der Waals surface area contributed by atoms with Crippen LogP contribution in [0.15, 0.2) is 35.9 Å². The Kier molecular flexibility index (Phi) is 3.56. The quantitative estimate of drug-likeness (QED) is 0.611. The Balaban J connectivity index is 1.68. The van der Waals surface area contributed by atoms with Crippen molar-refractivity contribution in [2.45, 2.75) is 5.16 Å². The van der Waals surface area contributed by atoms with Gasteiger partial charge in [-0.25, -0.2) is 9.97 Å².